The van der Waals surface area contributed by atoms with Crippen LogP contribution < -0.4 is 19.5 Å². The number of nitrogens with one attached hydrogen (secondary N) is 1. The van der Waals surface area contributed by atoms with Gasteiger partial charge < -0.3 is 19.5 Å². The maximum atomic E-state index is 6.04. The smallest absolute Gasteiger partial charge is 0.203 e. The van der Waals surface area contributed by atoms with Crippen molar-refractivity contribution in [2.75, 3.05) is 26.6 Å². The molecule has 0 bridgehead atoms. The van der Waals surface area contributed by atoms with Crippen LogP contribution in [0.2, 0.25) is 5.02 Å². The lowest BCUT2D eigenvalue weighted by Crippen LogP contribution is -1.98. The van der Waals surface area contributed by atoms with Crippen molar-refractivity contribution in [3.05, 3.63) is 47.6 Å². The summed E-state index contributed by atoms with van der Waals surface area (Å²) in [7, 11) is 4.75. The standard InChI is InChI=1S/C18H17ClN2O3/c1-22-16-9-12(10-17(23-2)18(16)24-3)21-14-6-7-20-15-8-11(19)4-5-13(14)15/h4-10H,1-3H3,(H,20,21). The molecule has 6 heteroatoms. The van der Waals surface area contributed by atoms with Gasteiger partial charge in [0.25, 0.3) is 0 Å². The van der Waals surface area contributed by atoms with E-state index in [0.29, 0.717) is 22.3 Å². The second-order valence-corrected chi connectivity index (χ2v) is 5.50. The van der Waals surface area contributed by atoms with Gasteiger partial charge in [-0.1, -0.05) is 11.6 Å². The first kappa shape index (κ1) is 16.2. The Hall–Kier alpha value is -2.66. The lowest BCUT2D eigenvalue weighted by Gasteiger charge is -2.16. The molecule has 124 valence electrons. The second kappa shape index (κ2) is 6.84. The van der Waals surface area contributed by atoms with Gasteiger partial charge in [0.2, 0.25) is 5.75 Å². The van der Waals surface area contributed by atoms with Crippen molar-refractivity contribution in [3.8, 4) is 17.2 Å². The normalized spacial score (nSPS) is 10.5. The molecule has 0 saturated heterocycles. The van der Waals surface area contributed by atoms with Crippen molar-refractivity contribution in [2.24, 2.45) is 0 Å². The molecule has 0 atom stereocenters. The van der Waals surface area contributed by atoms with E-state index >= 15 is 0 Å². The van der Waals surface area contributed by atoms with Crippen molar-refractivity contribution in [1.82, 2.24) is 4.98 Å². The number of benzene rings is 2. The highest BCUT2D eigenvalue weighted by Crippen LogP contribution is 2.41. The van der Waals surface area contributed by atoms with E-state index in [1.54, 1.807) is 27.5 Å². The predicted molar refractivity (Wildman–Crippen MR) is 96.1 cm³/mol. The summed E-state index contributed by atoms with van der Waals surface area (Å²) < 4.78 is 16.1. The molecule has 0 unspecified atom stereocenters. The van der Waals surface area contributed by atoms with Gasteiger partial charge in [0.05, 0.1) is 26.8 Å². The fraction of sp³-hybridized carbons (Fsp3) is 0.167. The van der Waals surface area contributed by atoms with Gasteiger partial charge in [-0.2, -0.15) is 0 Å². The number of fused-ring (bicyclic) bond motifs is 1. The van der Waals surface area contributed by atoms with Crippen LogP contribution in [-0.4, -0.2) is 26.3 Å². The van der Waals surface area contributed by atoms with Crippen LogP contribution in [0.4, 0.5) is 11.4 Å². The summed E-state index contributed by atoms with van der Waals surface area (Å²) in [4.78, 5) is 4.35. The first-order valence-corrected chi connectivity index (χ1v) is 7.65. The number of hydrogen-bond donors (Lipinski definition) is 1. The molecule has 0 aliphatic carbocycles. The first-order chi connectivity index (χ1) is 11.7. The van der Waals surface area contributed by atoms with Crippen molar-refractivity contribution in [3.63, 3.8) is 0 Å². The molecule has 2 aromatic carbocycles. The molecular formula is C18H17ClN2O3. The maximum absolute atomic E-state index is 6.04. The summed E-state index contributed by atoms with van der Waals surface area (Å²) in [6.45, 7) is 0. The number of pyridine rings is 1. The Bertz CT molecular complexity index is 858. The number of halogens is 1. The number of rotatable bonds is 5. The van der Waals surface area contributed by atoms with Gasteiger partial charge in [0.15, 0.2) is 11.5 Å². The highest BCUT2D eigenvalue weighted by atomic mass is 35.5. The Balaban J connectivity index is 2.05. The number of hydrogen-bond acceptors (Lipinski definition) is 5. The lowest BCUT2D eigenvalue weighted by atomic mass is 10.1. The highest BCUT2D eigenvalue weighted by molar-refractivity contribution is 6.31. The van der Waals surface area contributed by atoms with Crippen LogP contribution in [0.25, 0.3) is 10.9 Å². The van der Waals surface area contributed by atoms with Crippen LogP contribution in [0, 0.1) is 0 Å². The molecule has 1 aromatic heterocycles. The van der Waals surface area contributed by atoms with Crippen molar-refractivity contribution < 1.29 is 14.2 Å². The lowest BCUT2D eigenvalue weighted by molar-refractivity contribution is 0.324. The molecule has 0 fully saturated rings. The third-order valence-corrected chi connectivity index (χ3v) is 3.88. The Labute approximate surface area is 145 Å². The van der Waals surface area contributed by atoms with Gasteiger partial charge in [-0.25, -0.2) is 0 Å². The van der Waals surface area contributed by atoms with E-state index in [-0.39, 0.29) is 0 Å². The van der Waals surface area contributed by atoms with Gasteiger partial charge in [0.1, 0.15) is 0 Å². The SMILES string of the molecule is COc1cc(Nc2ccnc3cc(Cl)ccc23)cc(OC)c1OC. The third-order valence-electron chi connectivity index (χ3n) is 3.65. The summed E-state index contributed by atoms with van der Waals surface area (Å²) in [5.41, 5.74) is 2.54. The minimum atomic E-state index is 0.553. The first-order valence-electron chi connectivity index (χ1n) is 7.27. The summed E-state index contributed by atoms with van der Waals surface area (Å²) in [5.74, 6) is 1.72. The summed E-state index contributed by atoms with van der Waals surface area (Å²) in [6, 6.07) is 11.2. The number of ether oxygens (including phenoxy) is 3. The van der Waals surface area contributed by atoms with Crippen LogP contribution in [0.1, 0.15) is 0 Å². The van der Waals surface area contributed by atoms with E-state index < -0.39 is 0 Å². The molecule has 0 aliphatic rings. The summed E-state index contributed by atoms with van der Waals surface area (Å²) in [6.07, 6.45) is 1.74. The molecular weight excluding hydrogens is 328 g/mol. The average molecular weight is 345 g/mol. The Morgan fingerprint density at radius 1 is 0.917 bits per heavy atom. The van der Waals surface area contributed by atoms with Crippen molar-refractivity contribution >= 4 is 33.9 Å². The van der Waals surface area contributed by atoms with E-state index in [2.05, 4.69) is 10.3 Å². The average Bonchev–Trinajstić information content (AvgIpc) is 2.60. The second-order valence-electron chi connectivity index (χ2n) is 5.06. The fourth-order valence-corrected chi connectivity index (χ4v) is 2.71. The van der Waals surface area contributed by atoms with E-state index in [9.17, 15) is 0 Å². The Kier molecular flexibility index (Phi) is 4.62. The molecule has 0 amide bonds. The molecule has 0 aliphatic heterocycles. The minimum absolute atomic E-state index is 0.553. The zero-order chi connectivity index (χ0) is 17.1. The largest absolute Gasteiger partial charge is 0.493 e. The van der Waals surface area contributed by atoms with E-state index in [0.717, 1.165) is 22.3 Å². The molecule has 5 nitrogen and oxygen atoms in total. The zero-order valence-corrected chi connectivity index (χ0v) is 14.3. The third kappa shape index (κ3) is 3.03. The monoisotopic (exact) mass is 344 g/mol. The molecule has 0 saturated carbocycles. The molecule has 3 aromatic rings. The highest BCUT2D eigenvalue weighted by Gasteiger charge is 2.14. The summed E-state index contributed by atoms with van der Waals surface area (Å²) in [5, 5.41) is 4.99. The van der Waals surface area contributed by atoms with Gasteiger partial charge in [-0.05, 0) is 24.3 Å². The van der Waals surface area contributed by atoms with Crippen molar-refractivity contribution in [2.45, 2.75) is 0 Å². The Morgan fingerprint density at radius 3 is 2.25 bits per heavy atom. The zero-order valence-electron chi connectivity index (χ0n) is 13.6. The van der Waals surface area contributed by atoms with Gasteiger partial charge in [-0.3, -0.25) is 4.98 Å². The molecule has 24 heavy (non-hydrogen) atoms. The Morgan fingerprint density at radius 2 is 1.62 bits per heavy atom. The minimum Gasteiger partial charge on any atom is -0.493 e. The molecule has 3 rings (SSSR count). The van der Waals surface area contributed by atoms with Crippen LogP contribution in [0.5, 0.6) is 17.2 Å². The van der Waals surface area contributed by atoms with E-state index in [1.165, 1.54) is 0 Å². The van der Waals surface area contributed by atoms with Gasteiger partial charge >= 0.3 is 0 Å². The van der Waals surface area contributed by atoms with Crippen molar-refractivity contribution in [1.29, 1.82) is 0 Å². The number of anilines is 2. The van der Waals surface area contributed by atoms with E-state index in [1.807, 2.05) is 36.4 Å². The topological polar surface area (TPSA) is 52.6 Å². The van der Waals surface area contributed by atoms with Crippen LogP contribution in [0.15, 0.2) is 42.6 Å². The number of aromatic nitrogens is 1. The van der Waals surface area contributed by atoms with E-state index in [4.69, 9.17) is 25.8 Å². The fourth-order valence-electron chi connectivity index (χ4n) is 2.54. The van der Waals surface area contributed by atoms with Gasteiger partial charge in [0, 0.05) is 40.1 Å². The number of methoxy groups -OCH3 is 3. The summed E-state index contributed by atoms with van der Waals surface area (Å²) >= 11 is 6.04. The predicted octanol–water partition coefficient (Wildman–Crippen LogP) is 4.66. The van der Waals surface area contributed by atoms with Crippen LogP contribution in [-0.2, 0) is 0 Å². The van der Waals surface area contributed by atoms with Crippen LogP contribution >= 0.6 is 11.6 Å². The van der Waals surface area contributed by atoms with Crippen LogP contribution in [0.3, 0.4) is 0 Å². The number of nitrogens with zero attached hydrogens (tertiary/aromatic N) is 1. The molecule has 0 spiro atoms. The molecule has 0 radical (unpaired) electrons. The molecule has 1 heterocycles. The molecule has 1 N–H and O–H groups in total. The van der Waals surface area contributed by atoms with Gasteiger partial charge in [-0.15, -0.1) is 0 Å². The quantitative estimate of drug-likeness (QED) is 0.729. The maximum Gasteiger partial charge on any atom is 0.203 e.